The molecule has 0 radical (unpaired) electrons. The van der Waals surface area contributed by atoms with E-state index in [2.05, 4.69) is 5.32 Å². The molecule has 1 amide bonds. The molecule has 4 heteroatoms. The van der Waals surface area contributed by atoms with E-state index in [1.165, 1.54) is 0 Å². The second-order valence-electron chi connectivity index (χ2n) is 5.38. The first-order valence-corrected chi connectivity index (χ1v) is 7.32. The van der Waals surface area contributed by atoms with E-state index in [1.807, 2.05) is 79.5 Å². The first-order chi connectivity index (χ1) is 11.1. The van der Waals surface area contributed by atoms with Gasteiger partial charge in [-0.2, -0.15) is 5.26 Å². The monoisotopic (exact) mass is 305 g/mol. The van der Waals surface area contributed by atoms with Gasteiger partial charge in [0.15, 0.2) is 0 Å². The molecule has 0 atom stereocenters. The lowest BCUT2D eigenvalue weighted by molar-refractivity contribution is -0.112. The van der Waals surface area contributed by atoms with Gasteiger partial charge in [0.1, 0.15) is 11.6 Å². The molecule has 0 spiro atoms. The van der Waals surface area contributed by atoms with E-state index >= 15 is 0 Å². The van der Waals surface area contributed by atoms with E-state index in [4.69, 9.17) is 0 Å². The van der Waals surface area contributed by atoms with Crippen molar-refractivity contribution in [2.24, 2.45) is 0 Å². The number of nitrogens with one attached hydrogen (secondary N) is 1. The second-order valence-corrected chi connectivity index (χ2v) is 5.38. The number of carbonyl (C=O) groups is 1. The first-order valence-electron chi connectivity index (χ1n) is 7.32. The predicted octanol–water partition coefficient (Wildman–Crippen LogP) is 3.47. The molecule has 0 heterocycles. The van der Waals surface area contributed by atoms with Gasteiger partial charge in [-0.1, -0.05) is 48.0 Å². The molecule has 0 fully saturated rings. The number of benzene rings is 2. The van der Waals surface area contributed by atoms with Crippen LogP contribution in [0.3, 0.4) is 0 Å². The van der Waals surface area contributed by atoms with Crippen LogP contribution in [0.15, 0.2) is 66.4 Å². The molecular formula is C19H19N3O. The fourth-order valence-electron chi connectivity index (χ4n) is 2.11. The topological polar surface area (TPSA) is 56.1 Å². The van der Waals surface area contributed by atoms with Gasteiger partial charge < -0.3 is 10.2 Å². The lowest BCUT2D eigenvalue weighted by Gasteiger charge is -2.15. The normalized spacial score (nSPS) is 10.7. The molecule has 0 aliphatic rings. The molecule has 23 heavy (non-hydrogen) atoms. The summed E-state index contributed by atoms with van der Waals surface area (Å²) in [5.74, 6) is -0.406. The van der Waals surface area contributed by atoms with Crippen molar-refractivity contribution in [2.45, 2.75) is 13.5 Å². The van der Waals surface area contributed by atoms with Crippen LogP contribution in [0.2, 0.25) is 0 Å². The minimum atomic E-state index is -0.406. The molecule has 116 valence electrons. The molecule has 0 aliphatic heterocycles. The molecular weight excluding hydrogens is 286 g/mol. The van der Waals surface area contributed by atoms with Crippen LogP contribution < -0.4 is 5.32 Å². The van der Waals surface area contributed by atoms with Gasteiger partial charge >= 0.3 is 0 Å². The van der Waals surface area contributed by atoms with Gasteiger partial charge in [0.2, 0.25) is 0 Å². The van der Waals surface area contributed by atoms with Crippen LogP contribution in [0.5, 0.6) is 0 Å². The number of nitriles is 1. The van der Waals surface area contributed by atoms with Gasteiger partial charge in [-0.05, 0) is 24.6 Å². The average molecular weight is 305 g/mol. The van der Waals surface area contributed by atoms with Crippen molar-refractivity contribution in [1.82, 2.24) is 4.90 Å². The molecule has 0 saturated carbocycles. The highest BCUT2D eigenvalue weighted by molar-refractivity contribution is 6.06. The Bertz CT molecular complexity index is 727. The van der Waals surface area contributed by atoms with Crippen molar-refractivity contribution in [3.63, 3.8) is 0 Å². The summed E-state index contributed by atoms with van der Waals surface area (Å²) in [4.78, 5) is 14.0. The maximum Gasteiger partial charge on any atom is 0.267 e. The van der Waals surface area contributed by atoms with Gasteiger partial charge in [-0.15, -0.1) is 0 Å². The summed E-state index contributed by atoms with van der Waals surface area (Å²) in [6.07, 6.45) is 1.57. The van der Waals surface area contributed by atoms with Crippen LogP contribution in [0, 0.1) is 18.3 Å². The van der Waals surface area contributed by atoms with E-state index in [0.717, 1.165) is 11.1 Å². The average Bonchev–Trinajstić information content (AvgIpc) is 2.55. The minimum absolute atomic E-state index is 0.0732. The summed E-state index contributed by atoms with van der Waals surface area (Å²) < 4.78 is 0. The van der Waals surface area contributed by atoms with Crippen molar-refractivity contribution >= 4 is 11.6 Å². The van der Waals surface area contributed by atoms with Crippen molar-refractivity contribution in [1.29, 1.82) is 5.26 Å². The highest BCUT2D eigenvalue weighted by atomic mass is 16.1. The Kier molecular flexibility index (Phi) is 5.54. The zero-order chi connectivity index (χ0) is 16.7. The Morgan fingerprint density at radius 2 is 1.83 bits per heavy atom. The van der Waals surface area contributed by atoms with Crippen molar-refractivity contribution in [3.8, 4) is 6.07 Å². The molecule has 2 rings (SSSR count). The minimum Gasteiger partial charge on any atom is -0.375 e. The number of nitrogens with zero attached hydrogens (tertiary/aromatic N) is 2. The van der Waals surface area contributed by atoms with Gasteiger partial charge in [0.05, 0.1) is 0 Å². The van der Waals surface area contributed by atoms with Crippen LogP contribution in [0.25, 0.3) is 0 Å². The number of hydrogen-bond acceptors (Lipinski definition) is 3. The summed E-state index contributed by atoms with van der Waals surface area (Å²) in [6.45, 7) is 2.61. The highest BCUT2D eigenvalue weighted by Gasteiger charge is 2.10. The van der Waals surface area contributed by atoms with Crippen LogP contribution >= 0.6 is 0 Å². The van der Waals surface area contributed by atoms with E-state index in [-0.39, 0.29) is 5.57 Å². The number of aryl methyl sites for hydroxylation is 1. The van der Waals surface area contributed by atoms with Crippen LogP contribution in [-0.4, -0.2) is 17.9 Å². The van der Waals surface area contributed by atoms with Crippen molar-refractivity contribution in [3.05, 3.63) is 77.5 Å². The maximum atomic E-state index is 12.2. The zero-order valence-corrected chi connectivity index (χ0v) is 13.3. The Balaban J connectivity index is 2.04. The van der Waals surface area contributed by atoms with Crippen LogP contribution in [0.1, 0.15) is 11.1 Å². The van der Waals surface area contributed by atoms with Gasteiger partial charge in [0.25, 0.3) is 5.91 Å². The molecule has 0 bridgehead atoms. The van der Waals surface area contributed by atoms with Crippen LogP contribution in [-0.2, 0) is 11.3 Å². The fraction of sp³-hybridized carbons (Fsp3) is 0.158. The number of anilines is 1. The summed E-state index contributed by atoms with van der Waals surface area (Å²) in [7, 11) is 1.84. The summed E-state index contributed by atoms with van der Waals surface area (Å²) in [6, 6.07) is 19.3. The number of rotatable bonds is 5. The smallest absolute Gasteiger partial charge is 0.267 e. The summed E-state index contributed by atoms with van der Waals surface area (Å²) >= 11 is 0. The van der Waals surface area contributed by atoms with Gasteiger partial charge in [0, 0.05) is 25.5 Å². The molecule has 0 aliphatic carbocycles. The predicted molar refractivity (Wildman–Crippen MR) is 91.4 cm³/mol. The summed E-state index contributed by atoms with van der Waals surface area (Å²) in [5.41, 5.74) is 2.97. The first kappa shape index (κ1) is 16.3. The molecule has 2 aromatic rings. The Morgan fingerprint density at radius 1 is 1.17 bits per heavy atom. The quantitative estimate of drug-likeness (QED) is 0.679. The highest BCUT2D eigenvalue weighted by Crippen LogP contribution is 2.11. The molecule has 4 nitrogen and oxygen atoms in total. The lowest BCUT2D eigenvalue weighted by atomic mass is 10.2. The second kappa shape index (κ2) is 7.81. The molecule has 2 aromatic carbocycles. The van der Waals surface area contributed by atoms with E-state index < -0.39 is 5.91 Å². The Hall–Kier alpha value is -3.06. The molecule has 0 aromatic heterocycles. The largest absolute Gasteiger partial charge is 0.375 e. The number of carbonyl (C=O) groups excluding carboxylic acids is 1. The lowest BCUT2D eigenvalue weighted by Crippen LogP contribution is -2.18. The Morgan fingerprint density at radius 3 is 2.43 bits per heavy atom. The van der Waals surface area contributed by atoms with E-state index in [0.29, 0.717) is 12.2 Å². The third-order valence-corrected chi connectivity index (χ3v) is 3.30. The SMILES string of the molecule is Cc1ccc(NC(=O)/C(C#N)=C\N(C)Cc2ccccc2)cc1. The number of hydrogen-bond donors (Lipinski definition) is 1. The molecule has 0 unspecified atom stereocenters. The van der Waals surface area contributed by atoms with Crippen LogP contribution in [0.4, 0.5) is 5.69 Å². The fourth-order valence-corrected chi connectivity index (χ4v) is 2.11. The maximum absolute atomic E-state index is 12.2. The standard InChI is InChI=1S/C19H19N3O/c1-15-8-10-18(11-9-15)21-19(23)17(12-20)14-22(2)13-16-6-4-3-5-7-16/h3-11,14H,13H2,1-2H3,(H,21,23)/b17-14-. The van der Waals surface area contributed by atoms with E-state index in [9.17, 15) is 10.1 Å². The van der Waals surface area contributed by atoms with Crippen molar-refractivity contribution in [2.75, 3.05) is 12.4 Å². The van der Waals surface area contributed by atoms with Gasteiger partial charge in [-0.3, -0.25) is 4.79 Å². The third kappa shape index (κ3) is 5.01. The van der Waals surface area contributed by atoms with E-state index in [1.54, 1.807) is 6.20 Å². The molecule has 1 N–H and O–H groups in total. The Labute approximate surface area is 136 Å². The molecule has 0 saturated heterocycles. The van der Waals surface area contributed by atoms with Crippen molar-refractivity contribution < 1.29 is 4.79 Å². The summed E-state index contributed by atoms with van der Waals surface area (Å²) in [5, 5.41) is 12.0. The number of amides is 1. The third-order valence-electron chi connectivity index (χ3n) is 3.30. The zero-order valence-electron chi connectivity index (χ0n) is 13.3. The van der Waals surface area contributed by atoms with Gasteiger partial charge in [-0.25, -0.2) is 0 Å².